The molecule has 0 amide bonds. The maximum atomic E-state index is 9.37. The van der Waals surface area contributed by atoms with Crippen molar-refractivity contribution in [1.82, 2.24) is 0 Å². The molecule has 1 aliphatic carbocycles. The molecule has 0 aromatic heterocycles. The number of aliphatic hydroxyl groups excluding tert-OH is 4. The summed E-state index contributed by atoms with van der Waals surface area (Å²) in [5, 5.41) is 36.6. The molecular formula is C7H16NO4+. The van der Waals surface area contributed by atoms with Gasteiger partial charge in [0.1, 0.15) is 6.10 Å². The molecule has 0 aromatic carbocycles. The molecule has 1 saturated carbocycles. The van der Waals surface area contributed by atoms with E-state index in [9.17, 15) is 15.3 Å². The van der Waals surface area contributed by atoms with Gasteiger partial charge in [0.15, 0.2) is 0 Å². The third-order valence-electron chi connectivity index (χ3n) is 2.54. The second-order valence-corrected chi connectivity index (χ2v) is 3.39. The molecular weight excluding hydrogens is 162 g/mol. The predicted octanol–water partition coefficient (Wildman–Crippen LogP) is -3.31. The van der Waals surface area contributed by atoms with Gasteiger partial charge >= 0.3 is 0 Å². The molecule has 1 aliphatic rings. The van der Waals surface area contributed by atoms with E-state index in [-0.39, 0.29) is 12.6 Å². The van der Waals surface area contributed by atoms with Gasteiger partial charge in [0.2, 0.25) is 0 Å². The van der Waals surface area contributed by atoms with Crippen LogP contribution in [0.2, 0.25) is 0 Å². The lowest BCUT2D eigenvalue weighted by atomic mass is 9.80. The van der Waals surface area contributed by atoms with Gasteiger partial charge in [-0.15, -0.1) is 0 Å². The molecule has 5 heteroatoms. The van der Waals surface area contributed by atoms with E-state index in [4.69, 9.17) is 5.11 Å². The Morgan fingerprint density at radius 3 is 2.25 bits per heavy atom. The summed E-state index contributed by atoms with van der Waals surface area (Å²) in [6, 6.07) is -0.205. The summed E-state index contributed by atoms with van der Waals surface area (Å²) in [4.78, 5) is 0. The predicted molar refractivity (Wildman–Crippen MR) is 39.9 cm³/mol. The zero-order chi connectivity index (χ0) is 9.30. The summed E-state index contributed by atoms with van der Waals surface area (Å²) >= 11 is 0. The lowest BCUT2D eigenvalue weighted by Crippen LogP contribution is -2.72. The third-order valence-corrected chi connectivity index (χ3v) is 2.54. The first kappa shape index (κ1) is 9.88. The van der Waals surface area contributed by atoms with Crippen LogP contribution in [-0.2, 0) is 0 Å². The van der Waals surface area contributed by atoms with Crippen LogP contribution in [0.15, 0.2) is 0 Å². The molecule has 7 N–H and O–H groups in total. The van der Waals surface area contributed by atoms with Crippen LogP contribution < -0.4 is 5.73 Å². The van der Waals surface area contributed by atoms with E-state index in [0.29, 0.717) is 6.42 Å². The van der Waals surface area contributed by atoms with Crippen molar-refractivity contribution in [2.24, 2.45) is 5.92 Å². The maximum absolute atomic E-state index is 9.37. The number of hydrogen-bond donors (Lipinski definition) is 5. The Morgan fingerprint density at radius 2 is 1.75 bits per heavy atom. The van der Waals surface area contributed by atoms with Gasteiger partial charge in [0.25, 0.3) is 0 Å². The molecule has 0 bridgehead atoms. The molecule has 0 heterocycles. The second-order valence-electron chi connectivity index (χ2n) is 3.39. The topological polar surface area (TPSA) is 109 Å². The molecule has 0 unspecified atom stereocenters. The fourth-order valence-electron chi connectivity index (χ4n) is 1.64. The SMILES string of the molecule is [NH3+][C@H]1C[C@@H](O)[C@@H](O)[C@H](O)[C@H]1CO. The van der Waals surface area contributed by atoms with E-state index in [1.54, 1.807) is 0 Å². The van der Waals surface area contributed by atoms with Gasteiger partial charge in [0, 0.05) is 6.42 Å². The average Bonchev–Trinajstić information content (AvgIpc) is 2.01. The lowest BCUT2D eigenvalue weighted by Gasteiger charge is -2.36. The summed E-state index contributed by atoms with van der Waals surface area (Å²) in [5.74, 6) is -0.427. The largest absolute Gasteiger partial charge is 0.396 e. The van der Waals surface area contributed by atoms with Crippen LogP contribution in [0, 0.1) is 5.92 Å². The van der Waals surface area contributed by atoms with Crippen molar-refractivity contribution >= 4 is 0 Å². The Hall–Kier alpha value is -0.200. The van der Waals surface area contributed by atoms with Gasteiger partial charge in [-0.1, -0.05) is 0 Å². The van der Waals surface area contributed by atoms with E-state index in [1.165, 1.54) is 0 Å². The third kappa shape index (κ3) is 1.60. The van der Waals surface area contributed by atoms with Gasteiger partial charge < -0.3 is 26.2 Å². The molecule has 0 aliphatic heterocycles. The number of rotatable bonds is 1. The average molecular weight is 178 g/mol. The summed E-state index contributed by atoms with van der Waals surface area (Å²) in [6.45, 7) is -0.209. The second kappa shape index (κ2) is 3.68. The minimum atomic E-state index is -1.15. The highest BCUT2D eigenvalue weighted by atomic mass is 16.4. The van der Waals surface area contributed by atoms with Crippen molar-refractivity contribution in [2.45, 2.75) is 30.8 Å². The fourth-order valence-corrected chi connectivity index (χ4v) is 1.64. The van der Waals surface area contributed by atoms with E-state index in [1.807, 2.05) is 0 Å². The van der Waals surface area contributed by atoms with Crippen LogP contribution in [0.3, 0.4) is 0 Å². The van der Waals surface area contributed by atoms with Crippen LogP contribution in [0.4, 0.5) is 0 Å². The molecule has 5 atom stereocenters. The zero-order valence-electron chi connectivity index (χ0n) is 6.80. The Balaban J connectivity index is 2.65. The summed E-state index contributed by atoms with van der Waals surface area (Å²) < 4.78 is 0. The molecule has 72 valence electrons. The first-order chi connectivity index (χ1) is 5.57. The van der Waals surface area contributed by atoms with Crippen molar-refractivity contribution in [3.05, 3.63) is 0 Å². The quantitative estimate of drug-likeness (QED) is 0.290. The van der Waals surface area contributed by atoms with Crippen molar-refractivity contribution in [3.8, 4) is 0 Å². The van der Waals surface area contributed by atoms with Crippen molar-refractivity contribution in [1.29, 1.82) is 0 Å². The smallest absolute Gasteiger partial charge is 0.107 e. The molecule has 0 radical (unpaired) electrons. The molecule has 0 aromatic rings. The number of aliphatic hydroxyl groups is 4. The Morgan fingerprint density at radius 1 is 1.17 bits per heavy atom. The van der Waals surface area contributed by atoms with Crippen molar-refractivity contribution < 1.29 is 26.2 Å². The molecule has 1 fully saturated rings. The number of hydrogen-bond acceptors (Lipinski definition) is 4. The van der Waals surface area contributed by atoms with E-state index in [0.717, 1.165) is 0 Å². The van der Waals surface area contributed by atoms with Gasteiger partial charge in [-0.05, 0) is 0 Å². The Kier molecular flexibility index (Phi) is 3.03. The maximum Gasteiger partial charge on any atom is 0.107 e. The van der Waals surface area contributed by atoms with Crippen LogP contribution in [0.25, 0.3) is 0 Å². The first-order valence-corrected chi connectivity index (χ1v) is 4.06. The summed E-state index contributed by atoms with van der Waals surface area (Å²) in [7, 11) is 0. The van der Waals surface area contributed by atoms with Gasteiger partial charge in [-0.2, -0.15) is 0 Å². The van der Waals surface area contributed by atoms with Crippen molar-refractivity contribution in [3.63, 3.8) is 0 Å². The normalized spacial score (nSPS) is 49.2. The Labute approximate surface area is 70.4 Å². The van der Waals surface area contributed by atoms with Crippen molar-refractivity contribution in [2.75, 3.05) is 6.61 Å². The van der Waals surface area contributed by atoms with E-state index >= 15 is 0 Å². The molecule has 1 rings (SSSR count). The summed E-state index contributed by atoms with van der Waals surface area (Å²) in [5.41, 5.74) is 3.69. The number of quaternary nitrogens is 1. The minimum absolute atomic E-state index is 0.205. The monoisotopic (exact) mass is 178 g/mol. The van der Waals surface area contributed by atoms with E-state index < -0.39 is 24.2 Å². The standard InChI is InChI=1S/C7H15NO4/c8-4-1-5(10)7(12)6(11)3(4)2-9/h3-7,9-12H,1-2,8H2/p+1/t3-,4-,5+,6+,7+/m0/s1. The highest BCUT2D eigenvalue weighted by molar-refractivity contribution is 4.91. The molecule has 0 saturated heterocycles. The molecule has 5 nitrogen and oxygen atoms in total. The molecule has 12 heavy (non-hydrogen) atoms. The van der Waals surface area contributed by atoms with Crippen LogP contribution >= 0.6 is 0 Å². The summed E-state index contributed by atoms with van der Waals surface area (Å²) in [6.07, 6.45) is -2.82. The van der Waals surface area contributed by atoms with Gasteiger partial charge in [0.05, 0.1) is 30.8 Å². The van der Waals surface area contributed by atoms with Gasteiger partial charge in [-0.25, -0.2) is 0 Å². The molecule has 0 spiro atoms. The lowest BCUT2D eigenvalue weighted by molar-refractivity contribution is -0.452. The van der Waals surface area contributed by atoms with E-state index in [2.05, 4.69) is 5.73 Å². The highest BCUT2D eigenvalue weighted by Crippen LogP contribution is 2.23. The minimum Gasteiger partial charge on any atom is -0.396 e. The zero-order valence-corrected chi connectivity index (χ0v) is 6.80. The van der Waals surface area contributed by atoms with Crippen LogP contribution in [0.5, 0.6) is 0 Å². The first-order valence-electron chi connectivity index (χ1n) is 4.06. The fraction of sp³-hybridized carbons (Fsp3) is 1.00. The highest BCUT2D eigenvalue weighted by Gasteiger charge is 2.42. The van der Waals surface area contributed by atoms with Gasteiger partial charge in [-0.3, -0.25) is 0 Å². The van der Waals surface area contributed by atoms with Crippen LogP contribution in [-0.4, -0.2) is 51.4 Å². The Bertz CT molecular complexity index is 154. The van der Waals surface area contributed by atoms with Crippen LogP contribution in [0.1, 0.15) is 6.42 Å².